The molecule has 1 aromatic carbocycles. The van der Waals surface area contributed by atoms with Gasteiger partial charge in [-0.15, -0.1) is 11.6 Å². The highest BCUT2D eigenvalue weighted by Crippen LogP contribution is 2.25. The van der Waals surface area contributed by atoms with Crippen molar-refractivity contribution < 1.29 is 4.39 Å². The summed E-state index contributed by atoms with van der Waals surface area (Å²) in [5, 5.41) is 0. The van der Waals surface area contributed by atoms with Crippen molar-refractivity contribution in [3.63, 3.8) is 0 Å². The van der Waals surface area contributed by atoms with E-state index in [1.165, 1.54) is 18.9 Å². The van der Waals surface area contributed by atoms with Crippen molar-refractivity contribution in [2.24, 2.45) is 5.92 Å². The number of nitrogens with zero attached hydrogens (tertiary/aromatic N) is 3. The number of hydrogen-bond acceptors (Lipinski definition) is 2. The van der Waals surface area contributed by atoms with Crippen LogP contribution < -0.4 is 0 Å². The van der Waals surface area contributed by atoms with Crippen molar-refractivity contribution >= 4 is 22.6 Å². The first-order valence-electron chi connectivity index (χ1n) is 7.07. The zero-order valence-electron chi connectivity index (χ0n) is 11.6. The molecule has 1 saturated heterocycles. The topological polar surface area (TPSA) is 21.1 Å². The van der Waals surface area contributed by atoms with Crippen molar-refractivity contribution in [3.8, 4) is 0 Å². The largest absolute Gasteiger partial charge is 0.327 e. The maximum Gasteiger partial charge on any atom is 0.151 e. The minimum absolute atomic E-state index is 0.268. The first-order valence-corrected chi connectivity index (χ1v) is 7.60. The molecule has 0 bridgehead atoms. The van der Waals surface area contributed by atoms with Crippen molar-refractivity contribution in [3.05, 3.63) is 29.8 Å². The van der Waals surface area contributed by atoms with Crippen LogP contribution in [0.4, 0.5) is 4.39 Å². The Balaban J connectivity index is 1.92. The highest BCUT2D eigenvalue weighted by Gasteiger charge is 2.20. The number of halogens is 2. The first-order chi connectivity index (χ1) is 9.69. The van der Waals surface area contributed by atoms with Crippen LogP contribution >= 0.6 is 11.6 Å². The molecule has 2 heterocycles. The van der Waals surface area contributed by atoms with Crippen LogP contribution in [0.5, 0.6) is 0 Å². The molecule has 0 saturated carbocycles. The highest BCUT2D eigenvalue weighted by atomic mass is 35.5. The van der Waals surface area contributed by atoms with Crippen LogP contribution in [0.25, 0.3) is 11.0 Å². The van der Waals surface area contributed by atoms with E-state index in [0.717, 1.165) is 31.0 Å². The summed E-state index contributed by atoms with van der Waals surface area (Å²) in [4.78, 5) is 6.71. The van der Waals surface area contributed by atoms with Crippen molar-refractivity contribution in [2.45, 2.75) is 25.3 Å². The third-order valence-corrected chi connectivity index (χ3v) is 4.45. The van der Waals surface area contributed by atoms with Gasteiger partial charge in [0.05, 0.1) is 11.4 Å². The highest BCUT2D eigenvalue weighted by molar-refractivity contribution is 6.16. The number of rotatable bonds is 3. The van der Waals surface area contributed by atoms with E-state index < -0.39 is 0 Å². The third-order valence-electron chi connectivity index (χ3n) is 4.21. The van der Waals surface area contributed by atoms with Gasteiger partial charge in [0.25, 0.3) is 0 Å². The normalized spacial score (nSPS) is 17.9. The van der Waals surface area contributed by atoms with Crippen LogP contribution in [0.2, 0.25) is 0 Å². The van der Waals surface area contributed by atoms with Crippen LogP contribution in [0.1, 0.15) is 18.7 Å². The predicted octanol–water partition coefficient (Wildman–Crippen LogP) is 3.26. The summed E-state index contributed by atoms with van der Waals surface area (Å²) in [6, 6.07) is 5.12. The van der Waals surface area contributed by atoms with Gasteiger partial charge in [-0.25, -0.2) is 9.37 Å². The zero-order chi connectivity index (χ0) is 14.1. The van der Waals surface area contributed by atoms with Crippen LogP contribution in [0.3, 0.4) is 0 Å². The number of para-hydroxylation sites is 1. The molecule has 108 valence electrons. The Kier molecular flexibility index (Phi) is 3.94. The Morgan fingerprint density at radius 1 is 1.35 bits per heavy atom. The Morgan fingerprint density at radius 2 is 2.10 bits per heavy atom. The van der Waals surface area contributed by atoms with Gasteiger partial charge in [0.2, 0.25) is 0 Å². The van der Waals surface area contributed by atoms with Gasteiger partial charge in [0, 0.05) is 6.54 Å². The average molecular weight is 296 g/mol. The Hall–Kier alpha value is -1.13. The van der Waals surface area contributed by atoms with Gasteiger partial charge in [-0.05, 0) is 51.0 Å². The lowest BCUT2D eigenvalue weighted by atomic mass is 9.97. The molecule has 3 nitrogen and oxygen atoms in total. The summed E-state index contributed by atoms with van der Waals surface area (Å²) in [6.45, 7) is 3.14. The number of likely N-dealkylation sites (tertiary alicyclic amines) is 1. The molecule has 1 aliphatic heterocycles. The SMILES string of the molecule is CN1CCC(Cn2c(CCl)nc3c(F)cccc32)CC1. The van der Waals surface area contributed by atoms with E-state index in [2.05, 4.69) is 21.5 Å². The molecule has 1 fully saturated rings. The van der Waals surface area contributed by atoms with Crippen LogP contribution in [-0.4, -0.2) is 34.6 Å². The number of alkyl halides is 1. The first kappa shape index (κ1) is 13.8. The Bertz CT molecular complexity index is 602. The van der Waals surface area contributed by atoms with E-state index in [4.69, 9.17) is 11.6 Å². The molecule has 0 radical (unpaired) electrons. The molecule has 3 rings (SSSR count). The van der Waals surface area contributed by atoms with E-state index in [0.29, 0.717) is 17.3 Å². The molecule has 1 aromatic heterocycles. The standard InChI is InChI=1S/C15H19ClFN3/c1-19-7-5-11(6-8-19)10-20-13-4-2-3-12(17)15(13)18-14(20)9-16/h2-4,11H,5-10H2,1H3. The number of piperidine rings is 1. The number of benzene rings is 1. The molecule has 0 atom stereocenters. The van der Waals surface area contributed by atoms with Gasteiger partial charge in [-0.3, -0.25) is 0 Å². The van der Waals surface area contributed by atoms with Gasteiger partial charge < -0.3 is 9.47 Å². The summed E-state index contributed by atoms with van der Waals surface area (Å²) in [7, 11) is 2.16. The fourth-order valence-corrected chi connectivity index (χ4v) is 3.17. The number of fused-ring (bicyclic) bond motifs is 1. The smallest absolute Gasteiger partial charge is 0.151 e. The Labute approximate surface area is 123 Å². The summed E-state index contributed by atoms with van der Waals surface area (Å²) in [6.07, 6.45) is 2.35. The molecule has 0 amide bonds. The second-order valence-electron chi connectivity index (χ2n) is 5.63. The van der Waals surface area contributed by atoms with E-state index in [1.54, 1.807) is 6.07 Å². The molecule has 0 N–H and O–H groups in total. The summed E-state index contributed by atoms with van der Waals surface area (Å²) in [5.74, 6) is 1.44. The third kappa shape index (κ3) is 2.54. The average Bonchev–Trinajstić information content (AvgIpc) is 2.81. The monoisotopic (exact) mass is 295 g/mol. The fraction of sp³-hybridized carbons (Fsp3) is 0.533. The number of hydrogen-bond donors (Lipinski definition) is 0. The summed E-state index contributed by atoms with van der Waals surface area (Å²) < 4.78 is 15.9. The molecule has 20 heavy (non-hydrogen) atoms. The lowest BCUT2D eigenvalue weighted by Crippen LogP contribution is -2.32. The van der Waals surface area contributed by atoms with Gasteiger partial charge in [-0.1, -0.05) is 6.07 Å². The lowest BCUT2D eigenvalue weighted by molar-refractivity contribution is 0.205. The van der Waals surface area contributed by atoms with Crippen LogP contribution in [0, 0.1) is 11.7 Å². The van der Waals surface area contributed by atoms with Gasteiger partial charge in [0.1, 0.15) is 11.3 Å². The van der Waals surface area contributed by atoms with E-state index in [1.807, 2.05) is 6.07 Å². The zero-order valence-corrected chi connectivity index (χ0v) is 12.4. The van der Waals surface area contributed by atoms with Gasteiger partial charge >= 0.3 is 0 Å². The van der Waals surface area contributed by atoms with E-state index in [9.17, 15) is 4.39 Å². The maximum atomic E-state index is 13.8. The summed E-state index contributed by atoms with van der Waals surface area (Å²) in [5.41, 5.74) is 1.30. The van der Waals surface area contributed by atoms with Crippen molar-refractivity contribution in [1.29, 1.82) is 0 Å². The molecule has 0 spiro atoms. The van der Waals surface area contributed by atoms with Gasteiger partial charge in [-0.2, -0.15) is 0 Å². The number of imidazole rings is 1. The maximum absolute atomic E-state index is 13.8. The predicted molar refractivity (Wildman–Crippen MR) is 79.5 cm³/mol. The minimum atomic E-state index is -0.268. The molecule has 0 aliphatic carbocycles. The molecule has 1 aliphatic rings. The quantitative estimate of drug-likeness (QED) is 0.811. The molecule has 0 unspecified atom stereocenters. The molecule has 2 aromatic rings. The van der Waals surface area contributed by atoms with E-state index in [-0.39, 0.29) is 5.82 Å². The minimum Gasteiger partial charge on any atom is -0.327 e. The molecular weight excluding hydrogens is 277 g/mol. The van der Waals surface area contributed by atoms with Crippen molar-refractivity contribution in [1.82, 2.24) is 14.5 Å². The van der Waals surface area contributed by atoms with Gasteiger partial charge in [0.15, 0.2) is 5.82 Å². The second kappa shape index (κ2) is 5.70. The van der Waals surface area contributed by atoms with Crippen molar-refractivity contribution in [2.75, 3.05) is 20.1 Å². The molecule has 5 heteroatoms. The lowest BCUT2D eigenvalue weighted by Gasteiger charge is -2.29. The second-order valence-corrected chi connectivity index (χ2v) is 5.89. The molecular formula is C15H19ClFN3. The fourth-order valence-electron chi connectivity index (χ4n) is 2.97. The van der Waals surface area contributed by atoms with Crippen LogP contribution in [-0.2, 0) is 12.4 Å². The van der Waals surface area contributed by atoms with E-state index >= 15 is 0 Å². The Morgan fingerprint density at radius 3 is 2.80 bits per heavy atom. The summed E-state index contributed by atoms with van der Waals surface area (Å²) >= 11 is 5.98. The van der Waals surface area contributed by atoms with Crippen LogP contribution in [0.15, 0.2) is 18.2 Å². The number of aromatic nitrogens is 2.